The largest absolute Gasteiger partial charge is 0.490 e. The van der Waals surface area contributed by atoms with E-state index in [0.717, 1.165) is 17.8 Å². The predicted octanol–water partition coefficient (Wildman–Crippen LogP) is 2.17. The molecule has 8 heteroatoms. The molecule has 0 bridgehead atoms. The average Bonchev–Trinajstić information content (AvgIpc) is 3.52. The van der Waals surface area contributed by atoms with Crippen molar-refractivity contribution < 1.29 is 9.53 Å². The Hall–Kier alpha value is -3.34. The van der Waals surface area contributed by atoms with Crippen molar-refractivity contribution in [3.8, 4) is 11.9 Å². The van der Waals surface area contributed by atoms with Gasteiger partial charge in [-0.25, -0.2) is 9.97 Å². The van der Waals surface area contributed by atoms with E-state index in [1.54, 1.807) is 17.0 Å². The molecular weight excluding hydrogens is 368 g/mol. The maximum atomic E-state index is 12.7. The molecule has 3 aliphatic rings. The predicted molar refractivity (Wildman–Crippen MR) is 106 cm³/mol. The maximum Gasteiger partial charge on any atom is 0.251 e. The Balaban J connectivity index is 1.35. The quantitative estimate of drug-likeness (QED) is 0.800. The SMILES string of the molecule is N#CN1CC[C@@H](NC(=O)c2ccc3c(c2)OCCN3c2nccc(C3CC3)n2)C1. The third-order valence-electron chi connectivity index (χ3n) is 5.65. The van der Waals surface area contributed by atoms with Crippen LogP contribution >= 0.6 is 0 Å². The number of anilines is 2. The van der Waals surface area contributed by atoms with Gasteiger partial charge in [0, 0.05) is 42.5 Å². The second-order valence-electron chi connectivity index (χ2n) is 7.74. The van der Waals surface area contributed by atoms with Gasteiger partial charge in [0.05, 0.1) is 12.2 Å². The van der Waals surface area contributed by atoms with Crippen LogP contribution in [0, 0.1) is 11.5 Å². The van der Waals surface area contributed by atoms with E-state index < -0.39 is 0 Å². The van der Waals surface area contributed by atoms with E-state index in [-0.39, 0.29) is 11.9 Å². The lowest BCUT2D eigenvalue weighted by atomic mass is 10.1. The van der Waals surface area contributed by atoms with Crippen LogP contribution < -0.4 is 15.0 Å². The van der Waals surface area contributed by atoms with Gasteiger partial charge in [0.1, 0.15) is 12.4 Å². The fourth-order valence-electron chi connectivity index (χ4n) is 3.91. The van der Waals surface area contributed by atoms with Gasteiger partial charge in [0.25, 0.3) is 5.91 Å². The number of benzene rings is 1. The highest BCUT2D eigenvalue weighted by Crippen LogP contribution is 2.40. The second kappa shape index (κ2) is 7.24. The molecule has 1 amide bonds. The molecule has 1 N–H and O–H groups in total. The van der Waals surface area contributed by atoms with Crippen LogP contribution in [0.3, 0.4) is 0 Å². The van der Waals surface area contributed by atoms with E-state index >= 15 is 0 Å². The smallest absolute Gasteiger partial charge is 0.251 e. The normalized spacial score (nSPS) is 20.6. The third-order valence-corrected chi connectivity index (χ3v) is 5.65. The number of rotatable bonds is 4. The number of hydrogen-bond donors (Lipinski definition) is 1. The number of hydrogen-bond acceptors (Lipinski definition) is 7. The molecule has 3 heterocycles. The van der Waals surface area contributed by atoms with Crippen LogP contribution in [0.5, 0.6) is 5.75 Å². The van der Waals surface area contributed by atoms with Gasteiger partial charge in [0.15, 0.2) is 6.19 Å². The van der Waals surface area contributed by atoms with Crippen molar-refractivity contribution in [3.63, 3.8) is 0 Å². The van der Waals surface area contributed by atoms with Gasteiger partial charge < -0.3 is 19.9 Å². The minimum absolute atomic E-state index is 0.00540. The van der Waals surface area contributed by atoms with Crippen LogP contribution in [0.2, 0.25) is 0 Å². The highest BCUT2D eigenvalue weighted by Gasteiger charge is 2.28. The number of fused-ring (bicyclic) bond motifs is 1. The Kier molecular flexibility index (Phi) is 4.43. The summed E-state index contributed by atoms with van der Waals surface area (Å²) in [5, 5.41) is 12.0. The number of carbonyl (C=O) groups excluding carboxylic acids is 1. The lowest BCUT2D eigenvalue weighted by Gasteiger charge is -2.30. The summed E-state index contributed by atoms with van der Waals surface area (Å²) in [4.78, 5) is 25.6. The Morgan fingerprint density at radius 1 is 1.24 bits per heavy atom. The molecule has 1 aliphatic carbocycles. The van der Waals surface area contributed by atoms with Crippen molar-refractivity contribution in [3.05, 3.63) is 41.7 Å². The van der Waals surface area contributed by atoms with Crippen molar-refractivity contribution in [1.82, 2.24) is 20.2 Å². The lowest BCUT2D eigenvalue weighted by Crippen LogP contribution is -2.36. The summed E-state index contributed by atoms with van der Waals surface area (Å²) in [7, 11) is 0. The molecule has 148 valence electrons. The van der Waals surface area contributed by atoms with Crippen molar-refractivity contribution >= 4 is 17.5 Å². The Labute approximate surface area is 169 Å². The minimum atomic E-state index is -0.148. The Morgan fingerprint density at radius 2 is 2.14 bits per heavy atom. The molecule has 2 aliphatic heterocycles. The van der Waals surface area contributed by atoms with Gasteiger partial charge in [-0.1, -0.05) is 0 Å². The third kappa shape index (κ3) is 3.56. The van der Waals surface area contributed by atoms with E-state index in [0.29, 0.717) is 49.4 Å². The maximum absolute atomic E-state index is 12.7. The van der Waals surface area contributed by atoms with Crippen LogP contribution in [-0.4, -0.2) is 53.1 Å². The van der Waals surface area contributed by atoms with Crippen molar-refractivity contribution in [2.75, 3.05) is 31.1 Å². The molecule has 1 atom stereocenters. The highest BCUT2D eigenvalue weighted by atomic mass is 16.5. The molecule has 1 saturated carbocycles. The molecule has 1 saturated heterocycles. The number of likely N-dealkylation sites (tertiary alicyclic amines) is 1. The van der Waals surface area contributed by atoms with Gasteiger partial charge in [0.2, 0.25) is 5.95 Å². The standard InChI is InChI=1S/C21H22N6O2/c22-13-26-8-6-16(12-26)24-20(28)15-3-4-18-19(11-15)29-10-9-27(18)21-23-7-5-17(25-21)14-1-2-14/h3-5,7,11,14,16H,1-2,6,8-10,12H2,(H,24,28)/t16-/m1/s1. The van der Waals surface area contributed by atoms with Gasteiger partial charge in [-0.3, -0.25) is 4.79 Å². The summed E-state index contributed by atoms with van der Waals surface area (Å²) in [6.07, 6.45) is 7.12. The van der Waals surface area contributed by atoms with Crippen molar-refractivity contribution in [1.29, 1.82) is 5.26 Å². The monoisotopic (exact) mass is 390 g/mol. The van der Waals surface area contributed by atoms with E-state index in [1.165, 1.54) is 12.8 Å². The van der Waals surface area contributed by atoms with Crippen molar-refractivity contribution in [2.24, 2.45) is 0 Å². The van der Waals surface area contributed by atoms with Crippen LogP contribution in [0.15, 0.2) is 30.5 Å². The fourth-order valence-corrected chi connectivity index (χ4v) is 3.91. The summed E-state index contributed by atoms with van der Waals surface area (Å²) in [6.45, 7) is 2.42. The van der Waals surface area contributed by atoms with E-state index in [4.69, 9.17) is 15.0 Å². The summed E-state index contributed by atoms with van der Waals surface area (Å²) >= 11 is 0. The van der Waals surface area contributed by atoms with Gasteiger partial charge in [-0.2, -0.15) is 5.26 Å². The zero-order chi connectivity index (χ0) is 19.8. The topological polar surface area (TPSA) is 94.4 Å². The number of amides is 1. The zero-order valence-electron chi connectivity index (χ0n) is 16.0. The minimum Gasteiger partial charge on any atom is -0.490 e. The summed E-state index contributed by atoms with van der Waals surface area (Å²) < 4.78 is 5.83. The van der Waals surface area contributed by atoms with Crippen LogP contribution in [0.25, 0.3) is 0 Å². The molecule has 1 aromatic carbocycles. The fraction of sp³-hybridized carbons (Fsp3) is 0.429. The molecule has 2 fully saturated rings. The lowest BCUT2D eigenvalue weighted by molar-refractivity contribution is 0.0938. The molecule has 2 aromatic rings. The average molecular weight is 390 g/mol. The first-order valence-electron chi connectivity index (χ1n) is 10.0. The molecule has 0 spiro atoms. The van der Waals surface area contributed by atoms with E-state index in [1.807, 2.05) is 23.2 Å². The molecule has 29 heavy (non-hydrogen) atoms. The highest BCUT2D eigenvalue weighted by molar-refractivity contribution is 5.95. The first kappa shape index (κ1) is 17.7. The zero-order valence-corrected chi connectivity index (χ0v) is 16.0. The molecular formula is C21H22N6O2. The summed E-state index contributed by atoms with van der Waals surface area (Å²) in [5.41, 5.74) is 2.52. The van der Waals surface area contributed by atoms with E-state index in [9.17, 15) is 4.79 Å². The van der Waals surface area contributed by atoms with Gasteiger partial charge >= 0.3 is 0 Å². The van der Waals surface area contributed by atoms with Gasteiger partial charge in [-0.05, 0) is 43.5 Å². The number of nitrogens with zero attached hydrogens (tertiary/aromatic N) is 5. The summed E-state index contributed by atoms with van der Waals surface area (Å²) in [5.74, 6) is 1.76. The number of nitrogens with one attached hydrogen (secondary N) is 1. The van der Waals surface area contributed by atoms with Crippen LogP contribution in [0.1, 0.15) is 41.2 Å². The Morgan fingerprint density at radius 3 is 2.93 bits per heavy atom. The first-order chi connectivity index (χ1) is 14.2. The van der Waals surface area contributed by atoms with E-state index in [2.05, 4.69) is 16.5 Å². The molecule has 0 radical (unpaired) electrons. The number of nitriles is 1. The number of aromatic nitrogens is 2. The second-order valence-corrected chi connectivity index (χ2v) is 7.74. The number of ether oxygens (including phenoxy) is 1. The Bertz CT molecular complexity index is 983. The van der Waals surface area contributed by atoms with Crippen LogP contribution in [0.4, 0.5) is 11.6 Å². The number of carbonyl (C=O) groups is 1. The first-order valence-corrected chi connectivity index (χ1v) is 10.0. The molecule has 0 unspecified atom stereocenters. The van der Waals surface area contributed by atoms with Crippen molar-refractivity contribution in [2.45, 2.75) is 31.2 Å². The van der Waals surface area contributed by atoms with Gasteiger partial charge in [-0.15, -0.1) is 0 Å². The molecule has 1 aromatic heterocycles. The molecule has 8 nitrogen and oxygen atoms in total. The van der Waals surface area contributed by atoms with Crippen LogP contribution in [-0.2, 0) is 0 Å². The molecule has 5 rings (SSSR count). The summed E-state index contributed by atoms with van der Waals surface area (Å²) in [6, 6.07) is 7.46.